The van der Waals surface area contributed by atoms with Crippen molar-refractivity contribution in [3.05, 3.63) is 59.5 Å². The maximum absolute atomic E-state index is 13.5. The molecule has 0 unspecified atom stereocenters. The van der Waals surface area contributed by atoms with Crippen LogP contribution in [0, 0.1) is 12.7 Å². The van der Waals surface area contributed by atoms with E-state index >= 15 is 0 Å². The quantitative estimate of drug-likeness (QED) is 0.778. The number of nitrogens with one attached hydrogen (secondary N) is 1. The Morgan fingerprint density at radius 1 is 1.30 bits per heavy atom. The maximum Gasteiger partial charge on any atom is 0.261 e. The van der Waals surface area contributed by atoms with Crippen molar-refractivity contribution < 1.29 is 9.18 Å². The summed E-state index contributed by atoms with van der Waals surface area (Å²) in [6, 6.07) is 9.48. The summed E-state index contributed by atoms with van der Waals surface area (Å²) in [6.45, 7) is 1.94. The fourth-order valence-electron chi connectivity index (χ4n) is 1.85. The number of hydrogen-bond acceptors (Lipinski definition) is 3. The van der Waals surface area contributed by atoms with Crippen LogP contribution in [0.2, 0.25) is 0 Å². The third-order valence-electron chi connectivity index (χ3n) is 2.84. The lowest BCUT2D eigenvalue weighted by Crippen LogP contribution is -2.14. The first-order valence-electron chi connectivity index (χ1n) is 6.02. The smallest absolute Gasteiger partial charge is 0.261 e. The van der Waals surface area contributed by atoms with Gasteiger partial charge in [-0.2, -0.15) is 4.98 Å². The minimum Gasteiger partial charge on any atom is -0.289 e. The van der Waals surface area contributed by atoms with Crippen LogP contribution in [-0.2, 0) is 0 Å². The molecule has 0 aliphatic rings. The van der Waals surface area contributed by atoms with Crippen molar-refractivity contribution in [3.63, 3.8) is 0 Å². The highest BCUT2D eigenvalue weighted by Crippen LogP contribution is 2.11. The fraction of sp³-hybridized carbons (Fsp3) is 0.0714. The molecule has 6 heteroatoms. The summed E-state index contributed by atoms with van der Waals surface area (Å²) in [6.07, 6.45) is 1.75. The van der Waals surface area contributed by atoms with Gasteiger partial charge in [0.25, 0.3) is 5.91 Å². The van der Waals surface area contributed by atoms with E-state index in [0.717, 1.165) is 5.56 Å². The Morgan fingerprint density at radius 3 is 2.90 bits per heavy atom. The summed E-state index contributed by atoms with van der Waals surface area (Å²) in [5.41, 5.74) is 1.62. The summed E-state index contributed by atoms with van der Waals surface area (Å²) in [7, 11) is 0. The molecule has 1 amide bonds. The van der Waals surface area contributed by atoms with Gasteiger partial charge in [0.2, 0.25) is 5.95 Å². The van der Waals surface area contributed by atoms with Gasteiger partial charge in [0.15, 0.2) is 5.65 Å². The van der Waals surface area contributed by atoms with Gasteiger partial charge >= 0.3 is 0 Å². The van der Waals surface area contributed by atoms with Crippen molar-refractivity contribution in [1.82, 2.24) is 14.6 Å². The minimum absolute atomic E-state index is 0.0393. The lowest BCUT2D eigenvalue weighted by atomic mass is 10.2. The third-order valence-corrected chi connectivity index (χ3v) is 2.84. The van der Waals surface area contributed by atoms with E-state index in [1.54, 1.807) is 16.8 Å². The van der Waals surface area contributed by atoms with Crippen LogP contribution in [0.4, 0.5) is 10.3 Å². The van der Waals surface area contributed by atoms with Gasteiger partial charge in [-0.25, -0.2) is 8.91 Å². The molecular weight excluding hydrogens is 259 g/mol. The number of rotatable bonds is 2. The number of carbonyl (C=O) groups excluding carboxylic acids is 1. The Labute approximate surface area is 114 Å². The predicted octanol–water partition coefficient (Wildman–Crippen LogP) is 2.43. The lowest BCUT2D eigenvalue weighted by molar-refractivity contribution is 0.102. The number of carbonyl (C=O) groups is 1. The van der Waals surface area contributed by atoms with Crippen LogP contribution >= 0.6 is 0 Å². The molecule has 0 spiro atoms. The molecule has 0 bridgehead atoms. The molecule has 3 rings (SSSR count). The fourth-order valence-corrected chi connectivity index (χ4v) is 1.85. The van der Waals surface area contributed by atoms with Gasteiger partial charge < -0.3 is 0 Å². The Bertz CT molecular complexity index is 797. The van der Waals surface area contributed by atoms with E-state index in [2.05, 4.69) is 15.4 Å². The Hall–Kier alpha value is -2.76. The number of fused-ring (bicyclic) bond motifs is 1. The van der Waals surface area contributed by atoms with E-state index < -0.39 is 11.7 Å². The van der Waals surface area contributed by atoms with Crippen LogP contribution in [0.1, 0.15) is 15.9 Å². The molecule has 0 aliphatic carbocycles. The first kappa shape index (κ1) is 12.3. The van der Waals surface area contributed by atoms with E-state index in [1.807, 2.05) is 19.1 Å². The first-order chi connectivity index (χ1) is 9.63. The standard InChI is InChI=1S/C14H11FN4O/c1-9-6-7-19-12(8-9)16-14(18-19)17-13(20)10-4-2-3-5-11(10)15/h2-8H,1H3,(H,17,18,20). The van der Waals surface area contributed by atoms with Gasteiger partial charge in [-0.1, -0.05) is 12.1 Å². The summed E-state index contributed by atoms with van der Waals surface area (Å²) in [5.74, 6) is -1.01. The van der Waals surface area contributed by atoms with Crippen molar-refractivity contribution in [2.75, 3.05) is 5.32 Å². The topological polar surface area (TPSA) is 59.3 Å². The molecule has 0 saturated carbocycles. The molecular formula is C14H11FN4O. The number of nitrogens with zero attached hydrogens (tertiary/aromatic N) is 3. The minimum atomic E-state index is -0.579. The molecule has 0 aliphatic heterocycles. The second-order valence-electron chi connectivity index (χ2n) is 4.38. The summed E-state index contributed by atoms with van der Waals surface area (Å²) in [4.78, 5) is 16.1. The highest BCUT2D eigenvalue weighted by atomic mass is 19.1. The molecule has 3 aromatic rings. The Balaban J connectivity index is 1.89. The number of aryl methyl sites for hydroxylation is 1. The SMILES string of the molecule is Cc1ccn2nc(NC(=O)c3ccccc3F)nc2c1. The van der Waals surface area contributed by atoms with Gasteiger partial charge in [-0.05, 0) is 36.8 Å². The molecule has 0 atom stereocenters. The van der Waals surface area contributed by atoms with E-state index in [0.29, 0.717) is 5.65 Å². The van der Waals surface area contributed by atoms with Crippen LogP contribution in [0.3, 0.4) is 0 Å². The number of pyridine rings is 1. The highest BCUT2D eigenvalue weighted by molar-refractivity contribution is 6.03. The Morgan fingerprint density at radius 2 is 2.10 bits per heavy atom. The van der Waals surface area contributed by atoms with Crippen molar-refractivity contribution in [2.24, 2.45) is 0 Å². The molecule has 2 heterocycles. The largest absolute Gasteiger partial charge is 0.289 e. The average Bonchev–Trinajstić information content (AvgIpc) is 2.80. The molecule has 5 nitrogen and oxygen atoms in total. The van der Waals surface area contributed by atoms with Crippen LogP contribution in [0.5, 0.6) is 0 Å². The summed E-state index contributed by atoms with van der Waals surface area (Å²) < 4.78 is 15.0. The van der Waals surface area contributed by atoms with Crippen molar-refractivity contribution >= 4 is 17.5 Å². The molecule has 0 fully saturated rings. The average molecular weight is 270 g/mol. The van der Waals surface area contributed by atoms with Crippen LogP contribution in [-0.4, -0.2) is 20.5 Å². The van der Waals surface area contributed by atoms with Crippen molar-refractivity contribution in [2.45, 2.75) is 6.92 Å². The zero-order valence-corrected chi connectivity index (χ0v) is 10.7. The van der Waals surface area contributed by atoms with Crippen molar-refractivity contribution in [1.29, 1.82) is 0 Å². The van der Waals surface area contributed by atoms with Gasteiger partial charge in [-0.15, -0.1) is 5.10 Å². The number of benzene rings is 1. The second kappa shape index (κ2) is 4.73. The van der Waals surface area contributed by atoms with Gasteiger partial charge in [0.05, 0.1) is 5.56 Å². The molecule has 0 saturated heterocycles. The van der Waals surface area contributed by atoms with Crippen LogP contribution in [0.15, 0.2) is 42.6 Å². The van der Waals surface area contributed by atoms with Gasteiger partial charge in [0.1, 0.15) is 5.82 Å². The number of anilines is 1. The number of hydrogen-bond donors (Lipinski definition) is 1. The summed E-state index contributed by atoms with van der Waals surface area (Å²) >= 11 is 0. The normalized spacial score (nSPS) is 10.7. The highest BCUT2D eigenvalue weighted by Gasteiger charge is 2.13. The number of halogens is 1. The van der Waals surface area contributed by atoms with E-state index in [9.17, 15) is 9.18 Å². The molecule has 1 aromatic carbocycles. The molecule has 2 aromatic heterocycles. The zero-order valence-electron chi connectivity index (χ0n) is 10.7. The van der Waals surface area contributed by atoms with Crippen molar-refractivity contribution in [3.8, 4) is 0 Å². The number of amides is 1. The zero-order chi connectivity index (χ0) is 14.1. The lowest BCUT2D eigenvalue weighted by Gasteiger charge is -2.01. The Kier molecular flexibility index (Phi) is 2.90. The predicted molar refractivity (Wildman–Crippen MR) is 72.1 cm³/mol. The van der Waals surface area contributed by atoms with Gasteiger partial charge in [-0.3, -0.25) is 10.1 Å². The maximum atomic E-state index is 13.5. The van der Waals surface area contributed by atoms with Crippen LogP contribution < -0.4 is 5.32 Å². The van der Waals surface area contributed by atoms with Gasteiger partial charge in [0, 0.05) is 6.20 Å². The molecule has 0 radical (unpaired) electrons. The molecule has 1 N–H and O–H groups in total. The number of aromatic nitrogens is 3. The van der Waals surface area contributed by atoms with E-state index in [-0.39, 0.29) is 11.5 Å². The monoisotopic (exact) mass is 270 g/mol. The second-order valence-corrected chi connectivity index (χ2v) is 4.38. The first-order valence-corrected chi connectivity index (χ1v) is 6.02. The molecule has 100 valence electrons. The van der Waals surface area contributed by atoms with E-state index in [4.69, 9.17) is 0 Å². The third kappa shape index (κ3) is 2.23. The molecule has 20 heavy (non-hydrogen) atoms. The van der Waals surface area contributed by atoms with Crippen LogP contribution in [0.25, 0.3) is 5.65 Å². The van der Waals surface area contributed by atoms with E-state index in [1.165, 1.54) is 18.2 Å². The summed E-state index contributed by atoms with van der Waals surface area (Å²) in [5, 5.41) is 6.59.